The van der Waals surface area contributed by atoms with E-state index in [9.17, 15) is 4.79 Å². The van der Waals surface area contributed by atoms with E-state index in [2.05, 4.69) is 20.0 Å². The Morgan fingerprint density at radius 1 is 1.06 bits per heavy atom. The zero-order chi connectivity index (χ0) is 11.7. The fourth-order valence-electron chi connectivity index (χ4n) is 1.57. The van der Waals surface area contributed by atoms with Crippen LogP contribution in [-0.4, -0.2) is 22.2 Å². The minimum absolute atomic E-state index is 0.178. The quantitative estimate of drug-likeness (QED) is 0.641. The molecule has 0 aliphatic carbocycles. The van der Waals surface area contributed by atoms with Gasteiger partial charge in [-0.3, -0.25) is 0 Å². The zero-order valence-corrected chi connectivity index (χ0v) is 8.70. The van der Waals surface area contributed by atoms with Crippen LogP contribution in [0.15, 0.2) is 35.5 Å². The summed E-state index contributed by atoms with van der Waals surface area (Å²) in [7, 11) is 0. The molecule has 0 unspecified atom stereocenters. The highest BCUT2D eigenvalue weighted by atomic mass is 16.7. The molecule has 0 N–H and O–H groups in total. The van der Waals surface area contributed by atoms with Crippen LogP contribution in [0.3, 0.4) is 0 Å². The van der Waals surface area contributed by atoms with E-state index in [-0.39, 0.29) is 5.69 Å². The number of fused-ring (bicyclic) bond motifs is 2. The Balaban J connectivity index is 2.31. The van der Waals surface area contributed by atoms with Crippen molar-refractivity contribution >= 4 is 29.3 Å². The van der Waals surface area contributed by atoms with Crippen molar-refractivity contribution in [2.75, 3.05) is 0 Å². The molecular weight excluding hydrogens is 218 g/mol. The van der Waals surface area contributed by atoms with Gasteiger partial charge >= 0.3 is 5.97 Å². The molecule has 0 spiro atoms. The van der Waals surface area contributed by atoms with E-state index >= 15 is 0 Å². The van der Waals surface area contributed by atoms with Crippen molar-refractivity contribution in [1.29, 1.82) is 0 Å². The highest BCUT2D eigenvalue weighted by Crippen LogP contribution is 2.15. The van der Waals surface area contributed by atoms with Crippen molar-refractivity contribution in [2.24, 2.45) is 5.16 Å². The summed E-state index contributed by atoms with van der Waals surface area (Å²) in [5, 5.41) is 3.46. The fraction of sp³-hybridized carbons (Fsp3) is 0. The van der Waals surface area contributed by atoms with Crippen LogP contribution in [0, 0.1) is 0 Å². The highest BCUT2D eigenvalue weighted by Gasteiger charge is 2.17. The molecule has 0 bridgehead atoms. The van der Waals surface area contributed by atoms with E-state index in [0.29, 0.717) is 11.2 Å². The lowest BCUT2D eigenvalue weighted by atomic mass is 10.2. The lowest BCUT2D eigenvalue weighted by molar-refractivity contribution is 0.0511. The number of para-hydroxylation sites is 2. The second kappa shape index (κ2) is 3.79. The molecule has 82 valence electrons. The average molecular weight is 225 g/mol. The van der Waals surface area contributed by atoms with Gasteiger partial charge in [0.05, 0.1) is 22.9 Å². The number of carbonyl (C=O) groups is 1. The summed E-state index contributed by atoms with van der Waals surface area (Å²) in [6, 6.07) is 7.35. The molecule has 3 rings (SSSR count). The van der Waals surface area contributed by atoms with Crippen molar-refractivity contribution in [3.63, 3.8) is 0 Å². The molecule has 0 amide bonds. The van der Waals surface area contributed by atoms with E-state index in [1.165, 1.54) is 6.21 Å². The minimum atomic E-state index is -0.598. The van der Waals surface area contributed by atoms with Crippen molar-refractivity contribution in [3.05, 3.63) is 41.7 Å². The third-order valence-corrected chi connectivity index (χ3v) is 2.33. The van der Waals surface area contributed by atoms with Crippen LogP contribution in [0.5, 0.6) is 0 Å². The average Bonchev–Trinajstić information content (AvgIpc) is 2.35. The van der Waals surface area contributed by atoms with E-state index in [1.807, 2.05) is 18.2 Å². The van der Waals surface area contributed by atoms with E-state index in [1.54, 1.807) is 18.2 Å². The van der Waals surface area contributed by atoms with E-state index < -0.39 is 5.97 Å². The number of hydrogen-bond acceptors (Lipinski definition) is 5. The van der Waals surface area contributed by atoms with Gasteiger partial charge in [0.25, 0.3) is 0 Å². The molecule has 1 aliphatic rings. The monoisotopic (exact) mass is 225 g/mol. The van der Waals surface area contributed by atoms with Gasteiger partial charge in [0.2, 0.25) is 0 Å². The normalized spacial score (nSPS) is 17.8. The summed E-state index contributed by atoms with van der Waals surface area (Å²) < 4.78 is 0. The number of rotatable bonds is 0. The second-order valence-corrected chi connectivity index (χ2v) is 3.44. The summed E-state index contributed by atoms with van der Waals surface area (Å²) in [6.45, 7) is 0. The van der Waals surface area contributed by atoms with Gasteiger partial charge in [-0.05, 0) is 24.3 Å². The summed E-state index contributed by atoms with van der Waals surface area (Å²) in [5.74, 6) is -0.598. The second-order valence-electron chi connectivity index (χ2n) is 3.44. The molecule has 1 aliphatic heterocycles. The van der Waals surface area contributed by atoms with Gasteiger partial charge < -0.3 is 4.84 Å². The Labute approximate surface area is 96.4 Å². The number of aromatic nitrogens is 2. The molecule has 0 saturated heterocycles. The summed E-state index contributed by atoms with van der Waals surface area (Å²) in [6.07, 6.45) is 4.71. The molecule has 0 radical (unpaired) electrons. The molecule has 17 heavy (non-hydrogen) atoms. The summed E-state index contributed by atoms with van der Waals surface area (Å²) >= 11 is 0. The number of benzene rings is 1. The number of allylic oxidation sites excluding steroid dienone is 1. The lowest BCUT2D eigenvalue weighted by Gasteiger charge is -2.05. The number of carbonyl (C=O) groups excluding carboxylic acids is 1. The predicted octanol–water partition coefficient (Wildman–Crippen LogP) is 1.80. The fourth-order valence-corrected chi connectivity index (χ4v) is 1.57. The Kier molecular flexibility index (Phi) is 2.15. The first kappa shape index (κ1) is 9.65. The smallest absolute Gasteiger partial charge is 0.311 e. The van der Waals surface area contributed by atoms with E-state index in [0.717, 1.165) is 5.52 Å². The van der Waals surface area contributed by atoms with Crippen LogP contribution < -0.4 is 0 Å². The van der Waals surface area contributed by atoms with Crippen molar-refractivity contribution in [2.45, 2.75) is 0 Å². The minimum Gasteiger partial charge on any atom is -0.311 e. The van der Waals surface area contributed by atoms with Crippen LogP contribution in [0.1, 0.15) is 16.2 Å². The Morgan fingerprint density at radius 2 is 1.82 bits per heavy atom. The molecule has 1 aromatic heterocycles. The molecule has 0 saturated carbocycles. The standard InChI is InChI=1S/C12H7N3O2/c16-12-11-10(6-3-7-13-17-12)14-8-4-1-2-5-9(8)15-11/h1-7H/b6-3-,13-7-. The van der Waals surface area contributed by atoms with Crippen molar-refractivity contribution in [3.8, 4) is 0 Å². The molecule has 0 fully saturated rings. The Morgan fingerprint density at radius 3 is 2.65 bits per heavy atom. The number of nitrogens with zero attached hydrogens (tertiary/aromatic N) is 3. The van der Waals surface area contributed by atoms with Crippen molar-refractivity contribution < 1.29 is 9.63 Å². The third-order valence-electron chi connectivity index (χ3n) is 2.33. The Hall–Kier alpha value is -2.56. The highest BCUT2D eigenvalue weighted by molar-refractivity contribution is 5.95. The first-order chi connectivity index (χ1) is 8.34. The van der Waals surface area contributed by atoms with Crippen LogP contribution in [0.25, 0.3) is 17.1 Å². The van der Waals surface area contributed by atoms with Gasteiger partial charge in [-0.1, -0.05) is 17.3 Å². The third kappa shape index (κ3) is 1.67. The largest absolute Gasteiger partial charge is 0.386 e. The predicted molar refractivity (Wildman–Crippen MR) is 62.5 cm³/mol. The SMILES string of the molecule is O=C1O/N=C\C=C/c2nc3ccccc3nc21. The number of hydrogen-bond donors (Lipinski definition) is 0. The maximum Gasteiger partial charge on any atom is 0.386 e. The van der Waals surface area contributed by atoms with Gasteiger partial charge in [-0.15, -0.1) is 0 Å². The molecule has 2 heterocycles. The maximum absolute atomic E-state index is 11.6. The van der Waals surface area contributed by atoms with Gasteiger partial charge in [0, 0.05) is 0 Å². The molecule has 0 atom stereocenters. The molecule has 1 aromatic carbocycles. The van der Waals surface area contributed by atoms with Crippen LogP contribution in [-0.2, 0) is 4.84 Å². The molecule has 5 nitrogen and oxygen atoms in total. The van der Waals surface area contributed by atoms with Crippen molar-refractivity contribution in [1.82, 2.24) is 9.97 Å². The van der Waals surface area contributed by atoms with Gasteiger partial charge in [-0.2, -0.15) is 0 Å². The van der Waals surface area contributed by atoms with Crippen LogP contribution in [0.2, 0.25) is 0 Å². The topological polar surface area (TPSA) is 64.4 Å². The van der Waals surface area contributed by atoms with Crippen LogP contribution in [0.4, 0.5) is 0 Å². The number of oxime groups is 1. The summed E-state index contributed by atoms with van der Waals surface area (Å²) in [5.41, 5.74) is 2.05. The molecular formula is C12H7N3O2. The van der Waals surface area contributed by atoms with Gasteiger partial charge in [0.1, 0.15) is 0 Å². The summed E-state index contributed by atoms with van der Waals surface area (Å²) in [4.78, 5) is 24.9. The molecule has 2 aromatic rings. The van der Waals surface area contributed by atoms with Gasteiger partial charge in [0.15, 0.2) is 5.69 Å². The van der Waals surface area contributed by atoms with E-state index in [4.69, 9.17) is 0 Å². The first-order valence-corrected chi connectivity index (χ1v) is 5.03. The Bertz CT molecular complexity index is 662. The maximum atomic E-state index is 11.6. The van der Waals surface area contributed by atoms with Crippen LogP contribution >= 0.6 is 0 Å². The zero-order valence-electron chi connectivity index (χ0n) is 8.70. The molecule has 5 heteroatoms. The lowest BCUT2D eigenvalue weighted by Crippen LogP contribution is -2.09. The first-order valence-electron chi connectivity index (χ1n) is 5.03. The van der Waals surface area contributed by atoms with Gasteiger partial charge in [-0.25, -0.2) is 14.8 Å².